The summed E-state index contributed by atoms with van der Waals surface area (Å²) in [5.74, 6) is -1.25. The van der Waals surface area contributed by atoms with E-state index in [4.69, 9.17) is 5.11 Å². The van der Waals surface area contributed by atoms with Gasteiger partial charge in [-0.1, -0.05) is 18.2 Å². The lowest BCUT2D eigenvalue weighted by Crippen LogP contribution is -1.96. The summed E-state index contributed by atoms with van der Waals surface area (Å²) in [7, 11) is 1.84. The van der Waals surface area contributed by atoms with Crippen molar-refractivity contribution >= 4 is 16.9 Å². The maximum atomic E-state index is 13.3. The molecule has 20 heavy (non-hydrogen) atoms. The Morgan fingerprint density at radius 2 is 2.00 bits per heavy atom. The topological polar surface area (TPSA) is 42.2 Å². The molecule has 0 aliphatic heterocycles. The Morgan fingerprint density at radius 3 is 2.70 bits per heavy atom. The molecule has 3 rings (SSSR count). The van der Waals surface area contributed by atoms with Crippen LogP contribution in [0, 0.1) is 5.82 Å². The summed E-state index contributed by atoms with van der Waals surface area (Å²) in [6.45, 7) is 0. The number of aromatic nitrogens is 1. The molecule has 0 amide bonds. The number of aryl methyl sites for hydroxylation is 1. The number of carboxylic acid groups (broad SMARTS) is 1. The number of halogens is 1. The molecule has 3 aromatic rings. The van der Waals surface area contributed by atoms with Crippen molar-refractivity contribution in [2.24, 2.45) is 7.05 Å². The SMILES string of the molecule is Cn1cc(-c2cccc(F)c2)c2ccc(C(=O)O)cc21. The molecule has 0 fully saturated rings. The fraction of sp³-hybridized carbons (Fsp3) is 0.0625. The summed E-state index contributed by atoms with van der Waals surface area (Å²) >= 11 is 0. The molecule has 0 spiro atoms. The Bertz CT molecular complexity index is 820. The molecule has 0 aliphatic rings. The highest BCUT2D eigenvalue weighted by atomic mass is 19.1. The van der Waals surface area contributed by atoms with Crippen molar-refractivity contribution in [3.63, 3.8) is 0 Å². The zero-order valence-corrected chi connectivity index (χ0v) is 10.8. The van der Waals surface area contributed by atoms with E-state index in [1.807, 2.05) is 23.9 Å². The van der Waals surface area contributed by atoms with E-state index in [1.54, 1.807) is 24.3 Å². The largest absolute Gasteiger partial charge is 0.478 e. The molecule has 0 bridgehead atoms. The van der Waals surface area contributed by atoms with E-state index < -0.39 is 5.97 Å². The van der Waals surface area contributed by atoms with Crippen LogP contribution < -0.4 is 0 Å². The highest BCUT2D eigenvalue weighted by Gasteiger charge is 2.11. The Morgan fingerprint density at radius 1 is 1.20 bits per heavy atom. The number of rotatable bonds is 2. The van der Waals surface area contributed by atoms with Crippen LogP contribution in [0.15, 0.2) is 48.7 Å². The van der Waals surface area contributed by atoms with Gasteiger partial charge in [0.25, 0.3) is 0 Å². The van der Waals surface area contributed by atoms with Crippen LogP contribution in [0.3, 0.4) is 0 Å². The molecule has 0 aliphatic carbocycles. The third-order valence-corrected chi connectivity index (χ3v) is 3.37. The molecule has 4 heteroatoms. The molecule has 0 atom stereocenters. The van der Waals surface area contributed by atoms with Crippen molar-refractivity contribution in [1.82, 2.24) is 4.57 Å². The van der Waals surface area contributed by atoms with E-state index in [9.17, 15) is 9.18 Å². The Hall–Kier alpha value is -2.62. The maximum Gasteiger partial charge on any atom is 0.335 e. The van der Waals surface area contributed by atoms with Crippen LogP contribution in [0.25, 0.3) is 22.0 Å². The lowest BCUT2D eigenvalue weighted by atomic mass is 10.0. The standard InChI is InChI=1S/C16H12FNO2/c1-18-9-14(10-3-2-4-12(17)7-10)13-6-5-11(16(19)20)8-15(13)18/h2-9H,1H3,(H,19,20). The second-order valence-electron chi connectivity index (χ2n) is 4.70. The van der Waals surface area contributed by atoms with Gasteiger partial charge in [-0.3, -0.25) is 0 Å². The van der Waals surface area contributed by atoms with Gasteiger partial charge in [0.05, 0.1) is 5.56 Å². The Kier molecular flexibility index (Phi) is 2.79. The molecule has 1 aromatic heterocycles. The summed E-state index contributed by atoms with van der Waals surface area (Å²) in [5, 5.41) is 9.94. The van der Waals surface area contributed by atoms with Gasteiger partial charge in [-0.15, -0.1) is 0 Å². The van der Waals surface area contributed by atoms with Gasteiger partial charge in [-0.05, 0) is 29.8 Å². The van der Waals surface area contributed by atoms with Crippen molar-refractivity contribution in [2.75, 3.05) is 0 Å². The van der Waals surface area contributed by atoms with Crippen molar-refractivity contribution in [1.29, 1.82) is 0 Å². The van der Waals surface area contributed by atoms with Crippen LogP contribution in [-0.2, 0) is 7.05 Å². The second kappa shape index (κ2) is 4.49. The number of nitrogens with zero attached hydrogens (tertiary/aromatic N) is 1. The second-order valence-corrected chi connectivity index (χ2v) is 4.70. The number of fused-ring (bicyclic) bond motifs is 1. The normalized spacial score (nSPS) is 10.9. The first-order valence-corrected chi connectivity index (χ1v) is 6.14. The Balaban J connectivity index is 2.25. The first-order valence-electron chi connectivity index (χ1n) is 6.14. The fourth-order valence-corrected chi connectivity index (χ4v) is 2.40. The van der Waals surface area contributed by atoms with Gasteiger partial charge < -0.3 is 9.67 Å². The molecule has 100 valence electrons. The lowest BCUT2D eigenvalue weighted by molar-refractivity contribution is 0.0697. The summed E-state index contributed by atoms with van der Waals surface area (Å²) in [6, 6.07) is 11.3. The molecule has 2 aromatic carbocycles. The number of aromatic carboxylic acids is 1. The smallest absolute Gasteiger partial charge is 0.335 e. The number of hydrogen-bond donors (Lipinski definition) is 1. The minimum Gasteiger partial charge on any atom is -0.478 e. The van der Waals surface area contributed by atoms with Gasteiger partial charge in [-0.2, -0.15) is 0 Å². The van der Waals surface area contributed by atoms with E-state index >= 15 is 0 Å². The Labute approximate surface area is 114 Å². The quantitative estimate of drug-likeness (QED) is 0.771. The summed E-state index contributed by atoms with van der Waals surface area (Å²) in [5.41, 5.74) is 2.71. The maximum absolute atomic E-state index is 13.3. The molecule has 1 N–H and O–H groups in total. The van der Waals surface area contributed by atoms with Crippen LogP contribution in [0.1, 0.15) is 10.4 Å². The minimum atomic E-state index is -0.958. The third-order valence-electron chi connectivity index (χ3n) is 3.37. The monoisotopic (exact) mass is 269 g/mol. The third kappa shape index (κ3) is 1.95. The molecule has 3 nitrogen and oxygen atoms in total. The lowest BCUT2D eigenvalue weighted by Gasteiger charge is -2.00. The average Bonchev–Trinajstić information content (AvgIpc) is 2.76. The van der Waals surface area contributed by atoms with E-state index in [2.05, 4.69) is 0 Å². The van der Waals surface area contributed by atoms with Crippen LogP contribution in [-0.4, -0.2) is 15.6 Å². The highest BCUT2D eigenvalue weighted by molar-refractivity contribution is 6.00. The van der Waals surface area contributed by atoms with E-state index in [-0.39, 0.29) is 11.4 Å². The molecule has 0 saturated carbocycles. The van der Waals surface area contributed by atoms with Gasteiger partial charge >= 0.3 is 5.97 Å². The van der Waals surface area contributed by atoms with E-state index in [0.29, 0.717) is 0 Å². The first kappa shape index (κ1) is 12.4. The van der Waals surface area contributed by atoms with Crippen molar-refractivity contribution < 1.29 is 14.3 Å². The van der Waals surface area contributed by atoms with Crippen LogP contribution in [0.4, 0.5) is 4.39 Å². The van der Waals surface area contributed by atoms with E-state index in [0.717, 1.165) is 22.0 Å². The molecule has 0 radical (unpaired) electrons. The zero-order chi connectivity index (χ0) is 14.3. The first-order chi connectivity index (χ1) is 9.56. The predicted octanol–water partition coefficient (Wildman–Crippen LogP) is 3.68. The molecule has 0 saturated heterocycles. The number of carboxylic acids is 1. The number of hydrogen-bond acceptors (Lipinski definition) is 1. The molecule has 0 unspecified atom stereocenters. The molecule has 1 heterocycles. The van der Waals surface area contributed by atoms with Crippen molar-refractivity contribution in [3.05, 3.63) is 60.0 Å². The van der Waals surface area contributed by atoms with Gasteiger partial charge in [0, 0.05) is 29.7 Å². The summed E-state index contributed by atoms with van der Waals surface area (Å²) < 4.78 is 15.2. The average molecular weight is 269 g/mol. The minimum absolute atomic E-state index is 0.240. The van der Waals surface area contributed by atoms with Gasteiger partial charge in [0.15, 0.2) is 0 Å². The van der Waals surface area contributed by atoms with Crippen LogP contribution >= 0.6 is 0 Å². The summed E-state index contributed by atoms with van der Waals surface area (Å²) in [6.07, 6.45) is 1.88. The van der Waals surface area contributed by atoms with Crippen molar-refractivity contribution in [2.45, 2.75) is 0 Å². The molecular weight excluding hydrogens is 257 g/mol. The highest BCUT2D eigenvalue weighted by Crippen LogP contribution is 2.31. The number of carbonyl (C=O) groups is 1. The summed E-state index contributed by atoms with van der Waals surface area (Å²) in [4.78, 5) is 11.0. The fourth-order valence-electron chi connectivity index (χ4n) is 2.40. The van der Waals surface area contributed by atoms with Crippen LogP contribution in [0.2, 0.25) is 0 Å². The van der Waals surface area contributed by atoms with Crippen molar-refractivity contribution in [3.8, 4) is 11.1 Å². The van der Waals surface area contributed by atoms with Gasteiger partial charge in [0.2, 0.25) is 0 Å². The predicted molar refractivity (Wildman–Crippen MR) is 75.3 cm³/mol. The number of benzene rings is 2. The van der Waals surface area contributed by atoms with Crippen LogP contribution in [0.5, 0.6) is 0 Å². The zero-order valence-electron chi connectivity index (χ0n) is 10.8. The van der Waals surface area contributed by atoms with E-state index in [1.165, 1.54) is 12.1 Å². The van der Waals surface area contributed by atoms with Gasteiger partial charge in [-0.25, -0.2) is 9.18 Å². The van der Waals surface area contributed by atoms with Gasteiger partial charge in [0.1, 0.15) is 5.82 Å². The molecular formula is C16H12FNO2.